The summed E-state index contributed by atoms with van der Waals surface area (Å²) in [6.07, 6.45) is 0.745. The maximum absolute atomic E-state index is 14.2. The van der Waals surface area contributed by atoms with Crippen LogP contribution in [0.1, 0.15) is 58.6 Å². The summed E-state index contributed by atoms with van der Waals surface area (Å²) in [4.78, 5) is 28.8. The van der Waals surface area contributed by atoms with Gasteiger partial charge in [0.15, 0.2) is 0 Å². The molecule has 2 N–H and O–H groups in total. The third-order valence-corrected chi connectivity index (χ3v) is 6.56. The molecule has 1 unspecified atom stereocenters. The fourth-order valence-electron chi connectivity index (χ4n) is 4.89. The lowest BCUT2D eigenvalue weighted by Crippen LogP contribution is -2.42. The largest absolute Gasteiger partial charge is 0.488 e. The van der Waals surface area contributed by atoms with E-state index in [1.54, 1.807) is 0 Å². The number of benzene rings is 3. The Morgan fingerprint density at radius 1 is 0.974 bits per heavy atom. The normalized spacial score (nSPS) is 13.2. The highest BCUT2D eigenvalue weighted by Crippen LogP contribution is 2.25. The van der Waals surface area contributed by atoms with Gasteiger partial charge in [0.2, 0.25) is 5.91 Å². The van der Waals surface area contributed by atoms with Gasteiger partial charge >= 0.3 is 0 Å². The number of carbonyl (C=O) groups is 2. The Bertz CT molecular complexity index is 1210. The Labute approximate surface area is 233 Å². The van der Waals surface area contributed by atoms with Crippen molar-refractivity contribution in [2.45, 2.75) is 72.1 Å². The minimum absolute atomic E-state index is 0.00602. The van der Waals surface area contributed by atoms with Gasteiger partial charge in [-0.1, -0.05) is 54.6 Å². The first-order valence-electron chi connectivity index (χ1n) is 14.0. The van der Waals surface area contributed by atoms with E-state index in [4.69, 9.17) is 15.2 Å². The van der Waals surface area contributed by atoms with Crippen molar-refractivity contribution < 1.29 is 19.1 Å². The van der Waals surface area contributed by atoms with Gasteiger partial charge in [-0.15, -0.1) is 0 Å². The quantitative estimate of drug-likeness (QED) is 0.278. The summed E-state index contributed by atoms with van der Waals surface area (Å²) >= 11 is 0. The van der Waals surface area contributed by atoms with Crippen LogP contribution in [-0.4, -0.2) is 48.0 Å². The molecule has 0 spiro atoms. The molecular formula is C33H44N2O4. The maximum atomic E-state index is 14.2. The molecule has 6 nitrogen and oxygen atoms in total. The zero-order valence-corrected chi connectivity index (χ0v) is 24.1. The molecule has 0 saturated carbocycles. The van der Waals surface area contributed by atoms with Crippen LogP contribution >= 0.6 is 0 Å². The van der Waals surface area contributed by atoms with Gasteiger partial charge in [0.1, 0.15) is 17.1 Å². The Morgan fingerprint density at radius 3 is 2.33 bits per heavy atom. The van der Waals surface area contributed by atoms with Crippen LogP contribution in [0.15, 0.2) is 66.7 Å². The van der Waals surface area contributed by atoms with E-state index in [0.29, 0.717) is 26.1 Å². The third-order valence-electron chi connectivity index (χ3n) is 6.56. The van der Waals surface area contributed by atoms with Gasteiger partial charge in [-0.05, 0) is 81.6 Å². The second-order valence-corrected chi connectivity index (χ2v) is 11.2. The van der Waals surface area contributed by atoms with Crippen molar-refractivity contribution >= 4 is 22.5 Å². The zero-order chi connectivity index (χ0) is 28.4. The summed E-state index contributed by atoms with van der Waals surface area (Å²) in [6.45, 7) is 11.7. The summed E-state index contributed by atoms with van der Waals surface area (Å²) in [6, 6.07) is 22.2. The molecule has 0 aliphatic carbocycles. The molecule has 0 aromatic heterocycles. The van der Waals surface area contributed by atoms with Crippen molar-refractivity contribution in [1.29, 1.82) is 0 Å². The SMILES string of the molecule is CCOC(C)CN(Cc1cccc2ccccc12)C(=O)[C@@H](CC(=O)CCN)Cc1ccc(OC(C)(C)C)cc1. The summed E-state index contributed by atoms with van der Waals surface area (Å²) in [5.74, 6) is 0.236. The van der Waals surface area contributed by atoms with Crippen LogP contribution in [0.2, 0.25) is 0 Å². The van der Waals surface area contributed by atoms with Gasteiger partial charge in [-0.2, -0.15) is 0 Å². The van der Waals surface area contributed by atoms with Crippen LogP contribution < -0.4 is 10.5 Å². The highest BCUT2D eigenvalue weighted by molar-refractivity contribution is 5.88. The first kappa shape index (κ1) is 30.3. The molecule has 0 aliphatic rings. The average Bonchev–Trinajstić information content (AvgIpc) is 2.88. The maximum Gasteiger partial charge on any atom is 0.226 e. The van der Waals surface area contributed by atoms with E-state index in [2.05, 4.69) is 24.3 Å². The number of hydrogen-bond acceptors (Lipinski definition) is 5. The predicted octanol–water partition coefficient (Wildman–Crippen LogP) is 5.94. The molecule has 0 bridgehead atoms. The smallest absolute Gasteiger partial charge is 0.226 e. The van der Waals surface area contributed by atoms with Gasteiger partial charge in [0, 0.05) is 38.5 Å². The van der Waals surface area contributed by atoms with Crippen molar-refractivity contribution in [2.24, 2.45) is 11.7 Å². The number of amides is 1. The predicted molar refractivity (Wildman–Crippen MR) is 158 cm³/mol. The third kappa shape index (κ3) is 9.48. The molecular weight excluding hydrogens is 488 g/mol. The van der Waals surface area contributed by atoms with Crippen LogP contribution in [0.3, 0.4) is 0 Å². The molecule has 0 fully saturated rings. The molecule has 39 heavy (non-hydrogen) atoms. The van der Waals surface area contributed by atoms with Crippen LogP contribution in [0, 0.1) is 5.92 Å². The summed E-state index contributed by atoms with van der Waals surface area (Å²) in [5, 5.41) is 2.25. The minimum atomic E-state index is -0.498. The van der Waals surface area contributed by atoms with Crippen molar-refractivity contribution in [1.82, 2.24) is 4.90 Å². The van der Waals surface area contributed by atoms with Gasteiger partial charge in [0.25, 0.3) is 0 Å². The van der Waals surface area contributed by atoms with E-state index in [-0.39, 0.29) is 42.8 Å². The first-order valence-corrected chi connectivity index (χ1v) is 14.0. The molecule has 0 saturated heterocycles. The van der Waals surface area contributed by atoms with E-state index in [1.165, 1.54) is 0 Å². The lowest BCUT2D eigenvalue weighted by Gasteiger charge is -2.30. The Kier molecular flexibility index (Phi) is 11.1. The Balaban J connectivity index is 1.90. The van der Waals surface area contributed by atoms with Crippen LogP contribution in [0.25, 0.3) is 10.8 Å². The number of ether oxygens (including phenoxy) is 2. The molecule has 210 valence electrons. The number of carbonyl (C=O) groups excluding carboxylic acids is 2. The first-order chi connectivity index (χ1) is 18.6. The molecule has 1 amide bonds. The van der Waals surface area contributed by atoms with Crippen LogP contribution in [-0.2, 0) is 27.3 Å². The molecule has 2 atom stereocenters. The van der Waals surface area contributed by atoms with E-state index >= 15 is 0 Å². The summed E-state index contributed by atoms with van der Waals surface area (Å²) < 4.78 is 11.8. The van der Waals surface area contributed by atoms with Crippen molar-refractivity contribution in [3.05, 3.63) is 77.9 Å². The fraction of sp³-hybridized carbons (Fsp3) is 0.455. The van der Waals surface area contributed by atoms with Crippen LogP contribution in [0.5, 0.6) is 5.75 Å². The lowest BCUT2D eigenvalue weighted by atomic mass is 9.91. The highest BCUT2D eigenvalue weighted by Gasteiger charge is 2.28. The summed E-state index contributed by atoms with van der Waals surface area (Å²) in [7, 11) is 0. The van der Waals surface area contributed by atoms with E-state index < -0.39 is 5.92 Å². The standard InChI is InChI=1S/C33H44N2O4/c1-6-38-24(2)22-35(23-27-12-9-11-26-10-7-8-13-31(26)27)32(37)28(21-29(36)18-19-34)20-25-14-16-30(17-15-25)39-33(3,4)5/h7-17,24,28H,6,18-23,34H2,1-5H3/t24?,28-/m1/s1. The number of nitrogens with zero attached hydrogens (tertiary/aromatic N) is 1. The van der Waals surface area contributed by atoms with Gasteiger partial charge in [-0.25, -0.2) is 0 Å². The topological polar surface area (TPSA) is 81.9 Å². The number of Topliss-reactive ketones (excluding diaryl/α,β-unsaturated/α-hetero) is 1. The Hall–Kier alpha value is -3.22. The molecule has 0 radical (unpaired) electrons. The zero-order valence-electron chi connectivity index (χ0n) is 24.1. The van der Waals surface area contributed by atoms with Crippen LogP contribution in [0.4, 0.5) is 0 Å². The monoisotopic (exact) mass is 532 g/mol. The molecule has 3 aromatic rings. The van der Waals surface area contributed by atoms with E-state index in [0.717, 1.165) is 27.6 Å². The minimum Gasteiger partial charge on any atom is -0.488 e. The average molecular weight is 533 g/mol. The van der Waals surface area contributed by atoms with Gasteiger partial charge < -0.3 is 20.1 Å². The number of fused-ring (bicyclic) bond motifs is 1. The number of ketones is 1. The molecule has 0 heterocycles. The number of hydrogen-bond donors (Lipinski definition) is 1. The molecule has 0 aliphatic heterocycles. The second-order valence-electron chi connectivity index (χ2n) is 11.2. The molecule has 3 rings (SSSR count). The number of nitrogens with two attached hydrogens (primary N) is 1. The molecule has 6 heteroatoms. The Morgan fingerprint density at radius 2 is 1.67 bits per heavy atom. The number of rotatable bonds is 14. The van der Waals surface area contributed by atoms with Gasteiger partial charge in [0.05, 0.1) is 6.10 Å². The summed E-state index contributed by atoms with van der Waals surface area (Å²) in [5.41, 5.74) is 7.43. The van der Waals surface area contributed by atoms with Gasteiger partial charge in [-0.3, -0.25) is 9.59 Å². The highest BCUT2D eigenvalue weighted by atomic mass is 16.5. The molecule has 3 aromatic carbocycles. The van der Waals surface area contributed by atoms with Crippen molar-refractivity contribution in [3.63, 3.8) is 0 Å². The lowest BCUT2D eigenvalue weighted by molar-refractivity contribution is -0.140. The van der Waals surface area contributed by atoms with Crippen molar-refractivity contribution in [2.75, 3.05) is 19.7 Å². The second kappa shape index (κ2) is 14.2. The van der Waals surface area contributed by atoms with E-state index in [1.807, 2.05) is 82.0 Å². The van der Waals surface area contributed by atoms with E-state index in [9.17, 15) is 9.59 Å². The van der Waals surface area contributed by atoms with Crippen molar-refractivity contribution in [3.8, 4) is 5.75 Å². The fourth-order valence-corrected chi connectivity index (χ4v) is 4.89.